The van der Waals surface area contributed by atoms with Crippen LogP contribution in [0, 0.1) is 11.8 Å². The highest BCUT2D eigenvalue weighted by Crippen LogP contribution is 2.31. The van der Waals surface area contributed by atoms with Gasteiger partial charge in [-0.25, -0.2) is 0 Å². The molecule has 0 radical (unpaired) electrons. The summed E-state index contributed by atoms with van der Waals surface area (Å²) in [6.07, 6.45) is 0.506. The zero-order chi connectivity index (χ0) is 17.0. The molecule has 1 aliphatic rings. The van der Waals surface area contributed by atoms with E-state index in [0.29, 0.717) is 23.4 Å². The molecule has 23 heavy (non-hydrogen) atoms. The van der Waals surface area contributed by atoms with Gasteiger partial charge in [-0.1, -0.05) is 13.8 Å². The Labute approximate surface area is 139 Å². The average molecular weight is 336 g/mol. The molecule has 1 aromatic carbocycles. The second-order valence-electron chi connectivity index (χ2n) is 5.92. The smallest absolute Gasteiger partial charge is 0.308 e. The van der Waals surface area contributed by atoms with Crippen molar-refractivity contribution in [3.05, 3.63) is 23.8 Å². The maximum absolute atomic E-state index is 12.2. The standard InChI is InChI=1S/C16H20N2O4S/c1-9(2)5-11(16(21)22)7-17-15(20)10-3-4-13-12(6-10)18-14(19)8-23-13/h3-4,6,9,11H,5,7-8H2,1-2H3,(H,17,20)(H,18,19)(H,21,22)/t11-/m0/s1. The van der Waals surface area contributed by atoms with Gasteiger partial charge >= 0.3 is 5.97 Å². The molecule has 1 aliphatic heterocycles. The summed E-state index contributed by atoms with van der Waals surface area (Å²) in [5.74, 6) is -1.34. The van der Waals surface area contributed by atoms with Gasteiger partial charge in [-0.15, -0.1) is 11.8 Å². The number of benzene rings is 1. The Morgan fingerprint density at radius 1 is 1.39 bits per heavy atom. The molecule has 1 heterocycles. The van der Waals surface area contributed by atoms with Crippen molar-refractivity contribution in [2.24, 2.45) is 11.8 Å². The molecule has 0 fully saturated rings. The molecule has 6 nitrogen and oxygen atoms in total. The van der Waals surface area contributed by atoms with Crippen molar-refractivity contribution < 1.29 is 19.5 Å². The number of hydrogen-bond donors (Lipinski definition) is 3. The molecule has 0 aliphatic carbocycles. The minimum Gasteiger partial charge on any atom is -0.481 e. The van der Waals surface area contributed by atoms with Gasteiger partial charge in [-0.2, -0.15) is 0 Å². The van der Waals surface area contributed by atoms with Crippen molar-refractivity contribution in [3.63, 3.8) is 0 Å². The second kappa shape index (κ2) is 7.50. The van der Waals surface area contributed by atoms with Crippen molar-refractivity contribution >= 4 is 35.2 Å². The Bertz CT molecular complexity index is 631. The summed E-state index contributed by atoms with van der Waals surface area (Å²) in [4.78, 5) is 35.7. The molecule has 0 aromatic heterocycles. The molecular formula is C16H20N2O4S. The average Bonchev–Trinajstić information content (AvgIpc) is 2.49. The first-order valence-electron chi connectivity index (χ1n) is 7.44. The molecule has 3 N–H and O–H groups in total. The minimum absolute atomic E-state index is 0.0878. The summed E-state index contributed by atoms with van der Waals surface area (Å²) in [5.41, 5.74) is 1.02. The van der Waals surface area contributed by atoms with Crippen LogP contribution in [0.5, 0.6) is 0 Å². The van der Waals surface area contributed by atoms with Gasteiger partial charge < -0.3 is 15.7 Å². The van der Waals surface area contributed by atoms with Crippen LogP contribution in [0.2, 0.25) is 0 Å². The fraction of sp³-hybridized carbons (Fsp3) is 0.438. The number of carboxylic acids is 1. The van der Waals surface area contributed by atoms with Crippen molar-refractivity contribution in [1.82, 2.24) is 5.32 Å². The van der Waals surface area contributed by atoms with Crippen molar-refractivity contribution in [2.45, 2.75) is 25.2 Å². The maximum Gasteiger partial charge on any atom is 0.308 e. The predicted octanol–water partition coefficient (Wildman–Crippen LogP) is 2.21. The van der Waals surface area contributed by atoms with Gasteiger partial charge in [0.05, 0.1) is 17.4 Å². The van der Waals surface area contributed by atoms with E-state index < -0.39 is 11.9 Å². The summed E-state index contributed by atoms with van der Waals surface area (Å²) in [7, 11) is 0. The number of carboxylic acid groups (broad SMARTS) is 1. The van der Waals surface area contributed by atoms with Crippen LogP contribution in [0.3, 0.4) is 0 Å². The number of rotatable bonds is 6. The highest BCUT2D eigenvalue weighted by atomic mass is 32.2. The van der Waals surface area contributed by atoms with E-state index in [0.717, 1.165) is 4.90 Å². The lowest BCUT2D eigenvalue weighted by atomic mass is 9.97. The number of thioether (sulfide) groups is 1. The summed E-state index contributed by atoms with van der Waals surface area (Å²) in [5, 5.41) is 14.6. The molecule has 1 aromatic rings. The molecule has 2 amide bonds. The lowest BCUT2D eigenvalue weighted by Crippen LogP contribution is -2.33. The van der Waals surface area contributed by atoms with Crippen LogP contribution in [0.4, 0.5) is 5.69 Å². The van der Waals surface area contributed by atoms with E-state index in [1.54, 1.807) is 18.2 Å². The quantitative estimate of drug-likeness (QED) is 0.740. The van der Waals surface area contributed by atoms with Gasteiger partial charge in [-0.05, 0) is 30.5 Å². The van der Waals surface area contributed by atoms with Crippen molar-refractivity contribution in [2.75, 3.05) is 17.6 Å². The Kier molecular flexibility index (Phi) is 5.65. The molecule has 0 spiro atoms. The lowest BCUT2D eigenvalue weighted by Gasteiger charge is -2.18. The molecule has 0 saturated carbocycles. The van der Waals surface area contributed by atoms with Crippen molar-refractivity contribution in [3.8, 4) is 0 Å². The molecule has 124 valence electrons. The summed E-state index contributed by atoms with van der Waals surface area (Å²) in [6, 6.07) is 5.08. The molecule has 1 atom stereocenters. The largest absolute Gasteiger partial charge is 0.481 e. The van der Waals surface area contributed by atoms with Crippen molar-refractivity contribution in [1.29, 1.82) is 0 Å². The van der Waals surface area contributed by atoms with Crippen LogP contribution in [0.1, 0.15) is 30.6 Å². The third-order valence-electron chi connectivity index (χ3n) is 3.49. The van der Waals surface area contributed by atoms with E-state index in [2.05, 4.69) is 10.6 Å². The van der Waals surface area contributed by atoms with Gasteiger partial charge in [0.1, 0.15) is 0 Å². The van der Waals surface area contributed by atoms with Gasteiger partial charge in [-0.3, -0.25) is 14.4 Å². The summed E-state index contributed by atoms with van der Waals surface area (Å²) < 4.78 is 0. The van der Waals surface area contributed by atoms with Gasteiger partial charge in [0.25, 0.3) is 5.91 Å². The van der Waals surface area contributed by atoms with Gasteiger partial charge in [0, 0.05) is 17.0 Å². The molecule has 0 saturated heterocycles. The number of aliphatic carboxylic acids is 1. The number of carbonyl (C=O) groups excluding carboxylic acids is 2. The fourth-order valence-electron chi connectivity index (χ4n) is 2.38. The van der Waals surface area contributed by atoms with Gasteiger partial charge in [0.15, 0.2) is 0 Å². The Hall–Kier alpha value is -2.02. The number of carbonyl (C=O) groups is 3. The highest BCUT2D eigenvalue weighted by molar-refractivity contribution is 8.00. The third kappa shape index (κ3) is 4.72. The monoisotopic (exact) mass is 336 g/mol. The van der Waals surface area contributed by atoms with Crippen LogP contribution in [-0.4, -0.2) is 35.2 Å². The topological polar surface area (TPSA) is 95.5 Å². The highest BCUT2D eigenvalue weighted by Gasteiger charge is 2.21. The second-order valence-corrected chi connectivity index (χ2v) is 6.94. The summed E-state index contributed by atoms with van der Waals surface area (Å²) in [6.45, 7) is 3.98. The predicted molar refractivity (Wildman–Crippen MR) is 88.7 cm³/mol. The van der Waals surface area contributed by atoms with E-state index in [9.17, 15) is 19.5 Å². The van der Waals surface area contributed by atoms with E-state index in [-0.39, 0.29) is 24.3 Å². The first-order valence-corrected chi connectivity index (χ1v) is 8.43. The zero-order valence-electron chi connectivity index (χ0n) is 13.1. The maximum atomic E-state index is 12.2. The van der Waals surface area contributed by atoms with Crippen LogP contribution < -0.4 is 10.6 Å². The Balaban J connectivity index is 2.02. The van der Waals surface area contributed by atoms with E-state index in [1.165, 1.54) is 11.8 Å². The first kappa shape index (κ1) is 17.3. The van der Waals surface area contributed by atoms with E-state index >= 15 is 0 Å². The number of fused-ring (bicyclic) bond motifs is 1. The van der Waals surface area contributed by atoms with Crippen LogP contribution in [0.25, 0.3) is 0 Å². The lowest BCUT2D eigenvalue weighted by molar-refractivity contribution is -0.142. The summed E-state index contributed by atoms with van der Waals surface area (Å²) >= 11 is 1.42. The Morgan fingerprint density at radius 2 is 2.13 bits per heavy atom. The number of hydrogen-bond acceptors (Lipinski definition) is 4. The molecule has 0 unspecified atom stereocenters. The normalized spacial score (nSPS) is 14.8. The van der Waals surface area contributed by atoms with E-state index in [1.807, 2.05) is 13.8 Å². The SMILES string of the molecule is CC(C)C[C@@H](CNC(=O)c1ccc2c(c1)NC(=O)CS2)C(=O)O. The zero-order valence-corrected chi connectivity index (χ0v) is 13.9. The minimum atomic E-state index is -0.909. The number of anilines is 1. The van der Waals surface area contributed by atoms with Gasteiger partial charge in [0.2, 0.25) is 5.91 Å². The number of amides is 2. The van der Waals surface area contributed by atoms with Crippen LogP contribution in [0.15, 0.2) is 23.1 Å². The third-order valence-corrected chi connectivity index (χ3v) is 4.56. The van der Waals surface area contributed by atoms with E-state index in [4.69, 9.17) is 0 Å². The fourth-order valence-corrected chi connectivity index (χ4v) is 3.17. The van der Waals surface area contributed by atoms with Crippen LogP contribution in [-0.2, 0) is 9.59 Å². The molecular weight excluding hydrogens is 316 g/mol. The first-order chi connectivity index (χ1) is 10.9. The number of nitrogens with one attached hydrogen (secondary N) is 2. The molecule has 0 bridgehead atoms. The molecule has 7 heteroatoms. The van der Waals surface area contributed by atoms with Crippen LogP contribution >= 0.6 is 11.8 Å². The molecule has 2 rings (SSSR count). The Morgan fingerprint density at radius 3 is 2.78 bits per heavy atom.